The Labute approximate surface area is 90.7 Å². The Balaban J connectivity index is 2.78. The van der Waals surface area contributed by atoms with Crippen LogP contribution in [0.5, 0.6) is 0 Å². The zero-order chi connectivity index (χ0) is 11.4. The van der Waals surface area contributed by atoms with Gasteiger partial charge in [0, 0.05) is 12.7 Å². The molecule has 0 aliphatic carbocycles. The summed E-state index contributed by atoms with van der Waals surface area (Å²) in [4.78, 5) is 13.0. The number of anilines is 1. The molecule has 0 heterocycles. The van der Waals surface area contributed by atoms with Crippen molar-refractivity contribution in [1.29, 1.82) is 0 Å². The van der Waals surface area contributed by atoms with Crippen molar-refractivity contribution in [3.8, 4) is 0 Å². The predicted molar refractivity (Wildman–Crippen MR) is 61.2 cm³/mol. The number of rotatable bonds is 3. The molecule has 0 spiro atoms. The van der Waals surface area contributed by atoms with Crippen LogP contribution in [0.2, 0.25) is 0 Å². The molecule has 0 amide bonds. The van der Waals surface area contributed by atoms with Crippen LogP contribution in [0.25, 0.3) is 0 Å². The zero-order valence-electron chi connectivity index (χ0n) is 9.70. The fourth-order valence-electron chi connectivity index (χ4n) is 1.31. The van der Waals surface area contributed by atoms with Crippen LogP contribution in [0.15, 0.2) is 18.2 Å². The number of hydrogen-bond donors (Lipinski definition) is 0. The second-order valence-corrected chi connectivity index (χ2v) is 3.70. The van der Waals surface area contributed by atoms with Gasteiger partial charge in [-0.3, -0.25) is 4.79 Å². The van der Waals surface area contributed by atoms with Crippen LogP contribution >= 0.6 is 0 Å². The Morgan fingerprint density at radius 2 is 2.00 bits per heavy atom. The van der Waals surface area contributed by atoms with Gasteiger partial charge < -0.3 is 9.64 Å². The molecule has 0 saturated heterocycles. The molecule has 1 rings (SSSR count). The maximum atomic E-state index is 11.1. The van der Waals surface area contributed by atoms with Crippen molar-refractivity contribution >= 4 is 11.7 Å². The average Bonchev–Trinajstić information content (AvgIpc) is 2.21. The molecule has 0 aliphatic heterocycles. The van der Waals surface area contributed by atoms with Crippen LogP contribution in [0, 0.1) is 13.8 Å². The molecule has 0 atom stereocenters. The van der Waals surface area contributed by atoms with Gasteiger partial charge in [-0.1, -0.05) is 6.07 Å². The molecule has 0 N–H and O–H groups in total. The zero-order valence-corrected chi connectivity index (χ0v) is 9.70. The molecule has 0 aromatic heterocycles. The number of likely N-dealkylation sites (N-methyl/N-ethyl adjacent to an activating group) is 1. The van der Waals surface area contributed by atoms with Crippen LogP contribution < -0.4 is 4.90 Å². The Morgan fingerprint density at radius 1 is 1.33 bits per heavy atom. The lowest BCUT2D eigenvalue weighted by Crippen LogP contribution is -2.26. The van der Waals surface area contributed by atoms with Gasteiger partial charge in [0.25, 0.3) is 0 Å². The number of carbonyl (C=O) groups is 1. The maximum Gasteiger partial charge on any atom is 0.325 e. The van der Waals surface area contributed by atoms with Gasteiger partial charge in [-0.05, 0) is 37.1 Å². The third kappa shape index (κ3) is 2.98. The Bertz CT molecular complexity index is 361. The summed E-state index contributed by atoms with van der Waals surface area (Å²) in [5, 5.41) is 0. The van der Waals surface area contributed by atoms with E-state index in [0.29, 0.717) is 0 Å². The first-order valence-corrected chi connectivity index (χ1v) is 4.90. The fraction of sp³-hybridized carbons (Fsp3) is 0.417. The van der Waals surface area contributed by atoms with Crippen molar-refractivity contribution in [2.45, 2.75) is 13.8 Å². The molecule has 1 aromatic carbocycles. The average molecular weight is 207 g/mol. The number of aryl methyl sites for hydroxylation is 2. The summed E-state index contributed by atoms with van der Waals surface area (Å²) in [6.45, 7) is 4.41. The van der Waals surface area contributed by atoms with E-state index >= 15 is 0 Å². The minimum absolute atomic E-state index is 0.226. The number of esters is 1. The van der Waals surface area contributed by atoms with Crippen molar-refractivity contribution in [2.75, 3.05) is 25.6 Å². The number of nitrogens with zero attached hydrogens (tertiary/aromatic N) is 1. The Morgan fingerprint density at radius 3 is 2.53 bits per heavy atom. The summed E-state index contributed by atoms with van der Waals surface area (Å²) >= 11 is 0. The van der Waals surface area contributed by atoms with Crippen molar-refractivity contribution in [3.63, 3.8) is 0 Å². The lowest BCUT2D eigenvalue weighted by Gasteiger charge is -2.18. The smallest absolute Gasteiger partial charge is 0.325 e. The lowest BCUT2D eigenvalue weighted by atomic mass is 10.1. The molecule has 82 valence electrons. The van der Waals surface area contributed by atoms with E-state index in [2.05, 4.69) is 30.7 Å². The number of methoxy groups -OCH3 is 1. The Hall–Kier alpha value is -1.51. The summed E-state index contributed by atoms with van der Waals surface area (Å²) in [6, 6.07) is 6.13. The normalized spacial score (nSPS) is 9.87. The van der Waals surface area contributed by atoms with Gasteiger partial charge in [0.1, 0.15) is 6.54 Å². The first kappa shape index (κ1) is 11.6. The topological polar surface area (TPSA) is 29.5 Å². The van der Waals surface area contributed by atoms with Crippen molar-refractivity contribution < 1.29 is 9.53 Å². The highest BCUT2D eigenvalue weighted by molar-refractivity contribution is 5.75. The molecule has 3 nitrogen and oxygen atoms in total. The molecule has 15 heavy (non-hydrogen) atoms. The van der Waals surface area contributed by atoms with Gasteiger partial charge in [-0.15, -0.1) is 0 Å². The Kier molecular flexibility index (Phi) is 3.72. The van der Waals surface area contributed by atoms with E-state index in [0.717, 1.165) is 5.69 Å². The van der Waals surface area contributed by atoms with Gasteiger partial charge in [-0.2, -0.15) is 0 Å². The molecular formula is C12H17NO2. The van der Waals surface area contributed by atoms with Gasteiger partial charge in [-0.25, -0.2) is 0 Å². The summed E-state index contributed by atoms with van der Waals surface area (Å²) in [5.74, 6) is -0.226. The largest absolute Gasteiger partial charge is 0.468 e. The first-order chi connectivity index (χ1) is 7.04. The summed E-state index contributed by atoms with van der Waals surface area (Å²) in [5.41, 5.74) is 3.51. The van der Waals surface area contributed by atoms with Crippen molar-refractivity contribution in [3.05, 3.63) is 29.3 Å². The summed E-state index contributed by atoms with van der Waals surface area (Å²) in [7, 11) is 3.28. The van der Waals surface area contributed by atoms with E-state index in [1.807, 2.05) is 18.0 Å². The molecule has 0 unspecified atom stereocenters. The van der Waals surface area contributed by atoms with Crippen LogP contribution in [-0.4, -0.2) is 26.7 Å². The predicted octanol–water partition coefficient (Wildman–Crippen LogP) is 1.91. The highest BCUT2D eigenvalue weighted by Gasteiger charge is 2.07. The highest BCUT2D eigenvalue weighted by Crippen LogP contribution is 2.17. The molecule has 0 aliphatic rings. The number of hydrogen-bond acceptors (Lipinski definition) is 3. The second-order valence-electron chi connectivity index (χ2n) is 3.70. The third-order valence-corrected chi connectivity index (χ3v) is 2.53. The van der Waals surface area contributed by atoms with Gasteiger partial charge >= 0.3 is 5.97 Å². The van der Waals surface area contributed by atoms with Crippen LogP contribution in [0.1, 0.15) is 11.1 Å². The molecule has 0 bridgehead atoms. The van der Waals surface area contributed by atoms with Gasteiger partial charge in [0.05, 0.1) is 7.11 Å². The quantitative estimate of drug-likeness (QED) is 0.709. The molecule has 0 fully saturated rings. The second kappa shape index (κ2) is 4.82. The fourth-order valence-corrected chi connectivity index (χ4v) is 1.31. The lowest BCUT2D eigenvalue weighted by molar-refractivity contribution is -0.138. The third-order valence-electron chi connectivity index (χ3n) is 2.53. The van der Waals surface area contributed by atoms with Gasteiger partial charge in [0.15, 0.2) is 0 Å². The highest BCUT2D eigenvalue weighted by atomic mass is 16.5. The van der Waals surface area contributed by atoms with E-state index in [4.69, 9.17) is 0 Å². The molecule has 0 saturated carbocycles. The van der Waals surface area contributed by atoms with Crippen LogP contribution in [-0.2, 0) is 9.53 Å². The molecule has 0 radical (unpaired) electrons. The van der Waals surface area contributed by atoms with E-state index in [-0.39, 0.29) is 12.5 Å². The maximum absolute atomic E-state index is 11.1. The van der Waals surface area contributed by atoms with E-state index in [9.17, 15) is 4.79 Å². The monoisotopic (exact) mass is 207 g/mol. The summed E-state index contributed by atoms with van der Waals surface area (Å²) in [6.07, 6.45) is 0. The molecule has 1 aromatic rings. The van der Waals surface area contributed by atoms with Crippen molar-refractivity contribution in [1.82, 2.24) is 0 Å². The van der Waals surface area contributed by atoms with Gasteiger partial charge in [0.2, 0.25) is 0 Å². The number of carbonyl (C=O) groups excluding carboxylic acids is 1. The van der Waals surface area contributed by atoms with Crippen LogP contribution in [0.3, 0.4) is 0 Å². The minimum atomic E-state index is -0.226. The van der Waals surface area contributed by atoms with Crippen LogP contribution in [0.4, 0.5) is 5.69 Å². The standard InChI is InChI=1S/C12H17NO2/c1-9-5-6-11(7-10(9)2)13(3)8-12(14)15-4/h5-7H,8H2,1-4H3. The molecular weight excluding hydrogens is 190 g/mol. The SMILES string of the molecule is COC(=O)CN(C)c1ccc(C)c(C)c1. The number of ether oxygens (including phenoxy) is 1. The van der Waals surface area contributed by atoms with E-state index < -0.39 is 0 Å². The number of benzene rings is 1. The minimum Gasteiger partial charge on any atom is -0.468 e. The summed E-state index contributed by atoms with van der Waals surface area (Å²) < 4.78 is 4.62. The van der Waals surface area contributed by atoms with E-state index in [1.165, 1.54) is 18.2 Å². The van der Waals surface area contributed by atoms with E-state index in [1.54, 1.807) is 0 Å². The first-order valence-electron chi connectivity index (χ1n) is 4.90. The van der Waals surface area contributed by atoms with Crippen molar-refractivity contribution in [2.24, 2.45) is 0 Å². The molecule has 3 heteroatoms.